The van der Waals surface area contributed by atoms with Gasteiger partial charge in [0.25, 0.3) is 0 Å². The topological polar surface area (TPSA) is 96.5 Å². The number of likely N-dealkylation sites (tertiary alicyclic amines) is 1. The maximum Gasteiger partial charge on any atom is 0.326 e. The summed E-state index contributed by atoms with van der Waals surface area (Å²) in [4.78, 5) is 29.1. The van der Waals surface area contributed by atoms with Gasteiger partial charge in [0.05, 0.1) is 0 Å². The van der Waals surface area contributed by atoms with Gasteiger partial charge in [0.15, 0.2) is 5.82 Å². The highest BCUT2D eigenvalue weighted by Crippen LogP contribution is 2.25. The highest BCUT2D eigenvalue weighted by atomic mass is 16.5. The second-order valence-electron chi connectivity index (χ2n) is 5.49. The average Bonchev–Trinajstić information content (AvgIpc) is 3.03. The quantitative estimate of drug-likeness (QED) is 0.849. The summed E-state index contributed by atoms with van der Waals surface area (Å²) in [7, 11) is 0. The second-order valence-corrected chi connectivity index (χ2v) is 5.49. The van der Waals surface area contributed by atoms with Crippen molar-refractivity contribution in [3.05, 3.63) is 11.7 Å². The van der Waals surface area contributed by atoms with Crippen molar-refractivity contribution in [3.8, 4) is 0 Å². The molecule has 1 fully saturated rings. The third-order valence-electron chi connectivity index (χ3n) is 3.81. The van der Waals surface area contributed by atoms with Crippen molar-refractivity contribution in [2.45, 2.75) is 52.0 Å². The molecule has 1 amide bonds. The minimum Gasteiger partial charge on any atom is -0.480 e. The van der Waals surface area contributed by atoms with E-state index in [9.17, 15) is 14.7 Å². The molecule has 2 atom stereocenters. The normalized spacial score (nSPS) is 21.7. The largest absolute Gasteiger partial charge is 0.480 e. The van der Waals surface area contributed by atoms with Crippen molar-refractivity contribution in [2.75, 3.05) is 6.54 Å². The fourth-order valence-corrected chi connectivity index (χ4v) is 2.68. The van der Waals surface area contributed by atoms with Crippen molar-refractivity contribution < 1.29 is 19.2 Å². The maximum absolute atomic E-state index is 12.2. The first-order chi connectivity index (χ1) is 10.0. The van der Waals surface area contributed by atoms with Crippen molar-refractivity contribution in [2.24, 2.45) is 5.92 Å². The van der Waals surface area contributed by atoms with Gasteiger partial charge in [0.2, 0.25) is 11.8 Å². The molecule has 0 aromatic carbocycles. The third kappa shape index (κ3) is 3.59. The molecule has 1 aromatic rings. The van der Waals surface area contributed by atoms with Gasteiger partial charge in [-0.2, -0.15) is 4.98 Å². The van der Waals surface area contributed by atoms with Crippen LogP contribution < -0.4 is 0 Å². The molecule has 0 saturated carbocycles. The molecular formula is C14H21N3O4. The number of hydrogen-bond acceptors (Lipinski definition) is 5. The van der Waals surface area contributed by atoms with E-state index in [4.69, 9.17) is 4.52 Å². The van der Waals surface area contributed by atoms with Gasteiger partial charge in [-0.25, -0.2) is 4.79 Å². The number of carbonyl (C=O) groups is 2. The van der Waals surface area contributed by atoms with Crippen molar-refractivity contribution in [1.29, 1.82) is 0 Å². The van der Waals surface area contributed by atoms with Crippen molar-refractivity contribution >= 4 is 11.9 Å². The molecule has 0 radical (unpaired) electrons. The molecule has 1 saturated heterocycles. The van der Waals surface area contributed by atoms with Crippen LogP contribution in [0.2, 0.25) is 0 Å². The molecule has 0 bridgehead atoms. The van der Waals surface area contributed by atoms with Crippen LogP contribution in [0.1, 0.15) is 44.8 Å². The number of rotatable bonds is 6. The molecule has 7 heteroatoms. The molecule has 116 valence electrons. The third-order valence-corrected chi connectivity index (χ3v) is 3.81. The highest BCUT2D eigenvalue weighted by molar-refractivity contribution is 5.84. The Kier molecular flexibility index (Phi) is 4.93. The molecule has 1 aromatic heterocycles. The second kappa shape index (κ2) is 6.69. The minimum atomic E-state index is -0.934. The molecule has 0 aliphatic carbocycles. The van der Waals surface area contributed by atoms with Gasteiger partial charge < -0.3 is 14.5 Å². The standard InChI is InChI=1S/C14H21N3O4/c1-3-4-10-15-11(21-16-10)5-6-12(18)17-8-7-9(2)13(17)14(19)20/h9,13H,3-8H2,1-2H3,(H,19,20). The summed E-state index contributed by atoms with van der Waals surface area (Å²) >= 11 is 0. The summed E-state index contributed by atoms with van der Waals surface area (Å²) in [6, 6.07) is -0.712. The predicted octanol–water partition coefficient (Wildman–Crippen LogP) is 1.28. The Balaban J connectivity index is 1.90. The smallest absolute Gasteiger partial charge is 0.326 e. The van der Waals surface area contributed by atoms with E-state index in [1.165, 1.54) is 4.90 Å². The van der Waals surface area contributed by atoms with Crippen molar-refractivity contribution in [3.63, 3.8) is 0 Å². The van der Waals surface area contributed by atoms with Crippen molar-refractivity contribution in [1.82, 2.24) is 15.0 Å². The molecular weight excluding hydrogens is 274 g/mol. The summed E-state index contributed by atoms with van der Waals surface area (Å²) in [5.41, 5.74) is 0. The van der Waals surface area contributed by atoms with Gasteiger partial charge in [0.1, 0.15) is 6.04 Å². The van der Waals surface area contributed by atoms with Crippen LogP contribution in [0, 0.1) is 5.92 Å². The first-order valence-corrected chi connectivity index (χ1v) is 7.36. The number of carbonyl (C=O) groups excluding carboxylic acids is 1. The van der Waals surface area contributed by atoms with Gasteiger partial charge in [-0.15, -0.1) is 0 Å². The minimum absolute atomic E-state index is 0.00832. The first-order valence-electron chi connectivity index (χ1n) is 7.36. The summed E-state index contributed by atoms with van der Waals surface area (Å²) in [6.45, 7) is 4.39. The van der Waals surface area contributed by atoms with E-state index in [1.807, 2.05) is 13.8 Å². The van der Waals surface area contributed by atoms with Crippen LogP contribution in [0.3, 0.4) is 0 Å². The molecule has 0 spiro atoms. The van der Waals surface area contributed by atoms with E-state index in [2.05, 4.69) is 10.1 Å². The van der Waals surface area contributed by atoms with Crippen LogP contribution in [0.4, 0.5) is 0 Å². The number of aliphatic carboxylic acids is 1. The lowest BCUT2D eigenvalue weighted by Gasteiger charge is -2.23. The summed E-state index contributed by atoms with van der Waals surface area (Å²) in [5, 5.41) is 13.0. The SMILES string of the molecule is CCCc1noc(CCC(=O)N2CCC(C)C2C(=O)O)n1. The number of aryl methyl sites for hydroxylation is 2. The summed E-state index contributed by atoms with van der Waals surface area (Å²) in [5.74, 6) is -0.0200. The molecule has 1 N–H and O–H groups in total. The highest BCUT2D eigenvalue weighted by Gasteiger charge is 2.39. The Hall–Kier alpha value is -1.92. The fraction of sp³-hybridized carbons (Fsp3) is 0.714. The number of carboxylic acid groups (broad SMARTS) is 1. The van der Waals surface area contributed by atoms with E-state index in [0.717, 1.165) is 19.3 Å². The Morgan fingerprint density at radius 1 is 1.43 bits per heavy atom. The van der Waals surface area contributed by atoms with Crippen LogP contribution in [-0.2, 0) is 22.4 Å². The van der Waals surface area contributed by atoms with Gasteiger partial charge in [-0.3, -0.25) is 4.79 Å². The molecule has 21 heavy (non-hydrogen) atoms. The number of amides is 1. The predicted molar refractivity (Wildman–Crippen MR) is 73.5 cm³/mol. The Morgan fingerprint density at radius 3 is 2.86 bits per heavy atom. The molecule has 1 aliphatic heterocycles. The van der Waals surface area contributed by atoms with Crippen LogP contribution >= 0.6 is 0 Å². The molecule has 1 aliphatic rings. The Bertz CT molecular complexity index is 514. The van der Waals surface area contributed by atoms with E-state index >= 15 is 0 Å². The molecule has 7 nitrogen and oxygen atoms in total. The van der Waals surface area contributed by atoms with E-state index in [-0.39, 0.29) is 18.2 Å². The molecule has 2 rings (SSSR count). The van der Waals surface area contributed by atoms with E-state index in [0.29, 0.717) is 24.7 Å². The van der Waals surface area contributed by atoms with Gasteiger partial charge >= 0.3 is 5.97 Å². The average molecular weight is 295 g/mol. The van der Waals surface area contributed by atoms with Crippen LogP contribution in [-0.4, -0.2) is 44.6 Å². The lowest BCUT2D eigenvalue weighted by atomic mass is 10.0. The van der Waals surface area contributed by atoms with Gasteiger partial charge in [-0.1, -0.05) is 19.0 Å². The molecule has 2 heterocycles. The van der Waals surface area contributed by atoms with Crippen LogP contribution in [0.5, 0.6) is 0 Å². The van der Waals surface area contributed by atoms with Crippen LogP contribution in [0.25, 0.3) is 0 Å². The number of carboxylic acids is 1. The fourth-order valence-electron chi connectivity index (χ4n) is 2.68. The molecule has 2 unspecified atom stereocenters. The van der Waals surface area contributed by atoms with Gasteiger partial charge in [0, 0.05) is 25.8 Å². The lowest BCUT2D eigenvalue weighted by Crippen LogP contribution is -2.42. The zero-order chi connectivity index (χ0) is 15.4. The van der Waals surface area contributed by atoms with Crippen LogP contribution in [0.15, 0.2) is 4.52 Å². The lowest BCUT2D eigenvalue weighted by molar-refractivity contribution is -0.149. The monoisotopic (exact) mass is 295 g/mol. The number of aromatic nitrogens is 2. The zero-order valence-corrected chi connectivity index (χ0v) is 12.4. The number of hydrogen-bond donors (Lipinski definition) is 1. The summed E-state index contributed by atoms with van der Waals surface area (Å²) < 4.78 is 5.08. The van der Waals surface area contributed by atoms with E-state index < -0.39 is 12.0 Å². The Morgan fingerprint density at radius 2 is 2.19 bits per heavy atom. The summed E-state index contributed by atoms with van der Waals surface area (Å²) in [6.07, 6.45) is 2.97. The maximum atomic E-state index is 12.2. The Labute approximate surface area is 123 Å². The van der Waals surface area contributed by atoms with Gasteiger partial charge in [-0.05, 0) is 18.8 Å². The zero-order valence-electron chi connectivity index (χ0n) is 12.4. The van der Waals surface area contributed by atoms with E-state index in [1.54, 1.807) is 0 Å². The first kappa shape index (κ1) is 15.5. The number of nitrogens with zero attached hydrogens (tertiary/aromatic N) is 3.